The summed E-state index contributed by atoms with van der Waals surface area (Å²) in [5, 5.41) is 9.25. The Labute approximate surface area is 159 Å². The van der Waals surface area contributed by atoms with Gasteiger partial charge in [0.05, 0.1) is 28.4 Å². The molecule has 0 amide bonds. The number of sulfonamides is 1. The van der Waals surface area contributed by atoms with E-state index in [-0.39, 0.29) is 15.7 Å². The number of halogens is 2. The molecule has 0 atom stereocenters. The first-order valence-corrected chi connectivity index (χ1v) is 9.25. The van der Waals surface area contributed by atoms with Crippen molar-refractivity contribution in [2.24, 2.45) is 0 Å². The van der Waals surface area contributed by atoms with Gasteiger partial charge in [0.2, 0.25) is 0 Å². The highest BCUT2D eigenvalue weighted by atomic mass is 35.5. The van der Waals surface area contributed by atoms with Crippen LogP contribution < -0.4 is 4.31 Å². The van der Waals surface area contributed by atoms with Crippen LogP contribution in [0.2, 0.25) is 10.0 Å². The van der Waals surface area contributed by atoms with Crippen LogP contribution in [0.5, 0.6) is 0 Å². The summed E-state index contributed by atoms with van der Waals surface area (Å²) in [6.07, 6.45) is 0. The number of esters is 1. The summed E-state index contributed by atoms with van der Waals surface area (Å²) in [7, 11) is -3.37. The minimum Gasteiger partial charge on any atom is -0.478 e. The Balaban J connectivity index is 2.71. The molecule has 0 aliphatic heterocycles. The summed E-state index contributed by atoms with van der Waals surface area (Å²) in [5.74, 6) is -2.29. The monoisotopic (exact) mass is 417 g/mol. The minimum absolute atomic E-state index is 0.0701. The molecule has 138 valence electrons. The van der Waals surface area contributed by atoms with Gasteiger partial charge in [0.25, 0.3) is 10.0 Å². The molecule has 2 rings (SSSR count). The molecule has 0 bridgehead atoms. The summed E-state index contributed by atoms with van der Waals surface area (Å²) in [6, 6.07) is 9.27. The number of hydrogen-bond donors (Lipinski definition) is 1. The van der Waals surface area contributed by atoms with Gasteiger partial charge in [0.1, 0.15) is 11.4 Å². The third-order valence-corrected chi connectivity index (χ3v) is 6.01. The predicted octanol–water partition coefficient (Wildman–Crippen LogP) is 3.06. The van der Waals surface area contributed by atoms with Crippen molar-refractivity contribution in [1.29, 1.82) is 0 Å². The maximum absolute atomic E-state index is 13.1. The topological polar surface area (TPSA) is 101 Å². The van der Waals surface area contributed by atoms with Crippen LogP contribution in [0.25, 0.3) is 0 Å². The molecule has 0 unspecified atom stereocenters. The number of carbonyl (C=O) groups excluding carboxylic acids is 1. The Bertz CT molecular complexity index is 961. The lowest BCUT2D eigenvalue weighted by atomic mass is 10.2. The number of benzene rings is 2. The molecule has 0 spiro atoms. The fourth-order valence-corrected chi connectivity index (χ4v) is 4.21. The smallest absolute Gasteiger partial charge is 0.337 e. The zero-order chi connectivity index (χ0) is 19.5. The SMILES string of the molecule is COC(=O)CN(c1cccc(Cl)c1Cl)S(=O)(=O)c1ccccc1C(=O)O. The lowest BCUT2D eigenvalue weighted by Crippen LogP contribution is -2.37. The van der Waals surface area contributed by atoms with Gasteiger partial charge in [-0.15, -0.1) is 0 Å². The highest BCUT2D eigenvalue weighted by Gasteiger charge is 2.32. The molecule has 26 heavy (non-hydrogen) atoms. The third-order valence-electron chi connectivity index (χ3n) is 3.39. The zero-order valence-corrected chi connectivity index (χ0v) is 15.7. The fourth-order valence-electron chi connectivity index (χ4n) is 2.15. The number of nitrogens with zero attached hydrogens (tertiary/aromatic N) is 1. The van der Waals surface area contributed by atoms with E-state index in [9.17, 15) is 23.1 Å². The minimum atomic E-state index is -4.47. The lowest BCUT2D eigenvalue weighted by molar-refractivity contribution is -0.138. The van der Waals surface area contributed by atoms with Crippen molar-refractivity contribution in [2.75, 3.05) is 18.0 Å². The fraction of sp³-hybridized carbons (Fsp3) is 0.125. The summed E-state index contributed by atoms with van der Waals surface area (Å²) in [6.45, 7) is -0.715. The molecule has 0 fully saturated rings. The number of carbonyl (C=O) groups is 2. The van der Waals surface area contributed by atoms with E-state index in [0.717, 1.165) is 19.2 Å². The third kappa shape index (κ3) is 3.92. The molecule has 0 heterocycles. The number of carboxylic acids is 1. The first-order valence-electron chi connectivity index (χ1n) is 7.06. The molecule has 0 aliphatic rings. The van der Waals surface area contributed by atoms with E-state index in [1.807, 2.05) is 0 Å². The quantitative estimate of drug-likeness (QED) is 0.724. The van der Waals surface area contributed by atoms with Crippen LogP contribution in [0.1, 0.15) is 10.4 Å². The van der Waals surface area contributed by atoms with Crippen molar-refractivity contribution in [3.05, 3.63) is 58.1 Å². The van der Waals surface area contributed by atoms with Crippen LogP contribution in [0.15, 0.2) is 47.4 Å². The molecule has 0 saturated heterocycles. The van der Waals surface area contributed by atoms with E-state index in [2.05, 4.69) is 4.74 Å². The molecule has 2 aromatic rings. The summed E-state index contributed by atoms with van der Waals surface area (Å²) < 4.78 is 31.5. The van der Waals surface area contributed by atoms with Gasteiger partial charge in [-0.3, -0.25) is 9.10 Å². The number of anilines is 1. The maximum Gasteiger partial charge on any atom is 0.337 e. The standard InChI is InChI=1S/C16H13Cl2NO6S/c1-25-14(20)9-19(12-7-4-6-11(17)15(12)18)26(23,24)13-8-3-2-5-10(13)16(21)22/h2-8H,9H2,1H3,(H,21,22). The van der Waals surface area contributed by atoms with Gasteiger partial charge in [0, 0.05) is 0 Å². The number of hydrogen-bond acceptors (Lipinski definition) is 5. The van der Waals surface area contributed by atoms with E-state index in [4.69, 9.17) is 23.2 Å². The molecule has 0 saturated carbocycles. The number of rotatable bonds is 6. The average molecular weight is 418 g/mol. The normalized spacial score (nSPS) is 11.0. The van der Waals surface area contributed by atoms with Gasteiger partial charge in [-0.1, -0.05) is 41.4 Å². The van der Waals surface area contributed by atoms with Gasteiger partial charge >= 0.3 is 11.9 Å². The van der Waals surface area contributed by atoms with Crippen LogP contribution in [0.4, 0.5) is 5.69 Å². The second kappa shape index (κ2) is 7.94. The van der Waals surface area contributed by atoms with Gasteiger partial charge in [-0.05, 0) is 24.3 Å². The molecule has 0 radical (unpaired) electrons. The first-order chi connectivity index (χ1) is 12.2. The van der Waals surface area contributed by atoms with E-state index in [1.54, 1.807) is 0 Å². The average Bonchev–Trinajstić information content (AvgIpc) is 2.62. The van der Waals surface area contributed by atoms with Crippen molar-refractivity contribution in [3.63, 3.8) is 0 Å². The largest absolute Gasteiger partial charge is 0.478 e. The Morgan fingerprint density at radius 3 is 2.38 bits per heavy atom. The van der Waals surface area contributed by atoms with Crippen molar-refractivity contribution in [1.82, 2.24) is 0 Å². The van der Waals surface area contributed by atoms with Crippen LogP contribution in [-0.4, -0.2) is 39.1 Å². The maximum atomic E-state index is 13.1. The van der Waals surface area contributed by atoms with E-state index in [1.165, 1.54) is 30.3 Å². The predicted molar refractivity (Wildman–Crippen MR) is 96.4 cm³/mol. The molecule has 7 nitrogen and oxygen atoms in total. The van der Waals surface area contributed by atoms with Gasteiger partial charge in [0.15, 0.2) is 0 Å². The van der Waals surface area contributed by atoms with Crippen LogP contribution in [0.3, 0.4) is 0 Å². The highest BCUT2D eigenvalue weighted by Crippen LogP contribution is 2.35. The summed E-state index contributed by atoms with van der Waals surface area (Å²) >= 11 is 12.0. The highest BCUT2D eigenvalue weighted by molar-refractivity contribution is 7.93. The number of carboxylic acid groups (broad SMARTS) is 1. The number of methoxy groups -OCH3 is 1. The van der Waals surface area contributed by atoms with Crippen molar-refractivity contribution >= 4 is 50.9 Å². The summed E-state index contributed by atoms with van der Waals surface area (Å²) in [5.41, 5.74) is -0.523. The molecular formula is C16H13Cl2NO6S. The van der Waals surface area contributed by atoms with Crippen LogP contribution >= 0.6 is 23.2 Å². The Morgan fingerprint density at radius 1 is 1.12 bits per heavy atom. The Morgan fingerprint density at radius 2 is 1.77 bits per heavy atom. The van der Waals surface area contributed by atoms with E-state index < -0.39 is 39.0 Å². The number of ether oxygens (including phenoxy) is 1. The van der Waals surface area contributed by atoms with Crippen LogP contribution in [-0.2, 0) is 19.6 Å². The molecule has 2 aromatic carbocycles. The second-order valence-electron chi connectivity index (χ2n) is 4.96. The van der Waals surface area contributed by atoms with Gasteiger partial charge in [-0.2, -0.15) is 0 Å². The number of aromatic carboxylic acids is 1. The first kappa shape index (κ1) is 20.0. The second-order valence-corrected chi connectivity index (χ2v) is 7.58. The Kier molecular flexibility index (Phi) is 6.12. The molecular weight excluding hydrogens is 405 g/mol. The van der Waals surface area contributed by atoms with E-state index in [0.29, 0.717) is 4.31 Å². The molecule has 0 aromatic heterocycles. The van der Waals surface area contributed by atoms with Gasteiger partial charge in [-0.25, -0.2) is 13.2 Å². The van der Waals surface area contributed by atoms with E-state index >= 15 is 0 Å². The van der Waals surface area contributed by atoms with Crippen molar-refractivity contribution < 1.29 is 27.9 Å². The molecule has 10 heteroatoms. The van der Waals surface area contributed by atoms with Crippen molar-refractivity contribution in [2.45, 2.75) is 4.90 Å². The Hall–Kier alpha value is -2.29. The van der Waals surface area contributed by atoms with Crippen LogP contribution in [0, 0.1) is 0 Å². The zero-order valence-electron chi connectivity index (χ0n) is 13.3. The molecule has 0 aliphatic carbocycles. The van der Waals surface area contributed by atoms with Crippen molar-refractivity contribution in [3.8, 4) is 0 Å². The molecule has 1 N–H and O–H groups in total. The van der Waals surface area contributed by atoms with Gasteiger partial charge < -0.3 is 9.84 Å². The summed E-state index contributed by atoms with van der Waals surface area (Å²) in [4.78, 5) is 22.7. The lowest BCUT2D eigenvalue weighted by Gasteiger charge is -2.25.